The Kier molecular flexibility index (Phi) is 2.98. The number of carbonyl (C=O) groups is 1. The van der Waals surface area contributed by atoms with Crippen molar-refractivity contribution in [3.63, 3.8) is 0 Å². The van der Waals surface area contributed by atoms with Gasteiger partial charge in [-0.25, -0.2) is 0 Å². The zero-order valence-electron chi connectivity index (χ0n) is 9.37. The monoisotopic (exact) mass is 212 g/mol. The van der Waals surface area contributed by atoms with E-state index in [-0.39, 0.29) is 5.91 Å². The largest absolute Gasteiger partial charge is 0.367 e. The van der Waals surface area contributed by atoms with Crippen LogP contribution in [-0.2, 0) is 9.53 Å². The van der Waals surface area contributed by atoms with Gasteiger partial charge in [-0.05, 0) is 25.7 Å². The first kappa shape index (κ1) is 10.9. The molecule has 2 aliphatic rings. The van der Waals surface area contributed by atoms with Gasteiger partial charge in [0.05, 0.1) is 6.61 Å². The predicted octanol–water partition coefficient (Wildman–Crippen LogP) is 0.363. The predicted molar refractivity (Wildman–Crippen MR) is 57.3 cm³/mol. The van der Waals surface area contributed by atoms with Gasteiger partial charge in [-0.15, -0.1) is 0 Å². The lowest BCUT2D eigenvalue weighted by Crippen LogP contribution is -2.57. The summed E-state index contributed by atoms with van der Waals surface area (Å²) >= 11 is 0. The second kappa shape index (κ2) is 4.10. The van der Waals surface area contributed by atoms with Gasteiger partial charge >= 0.3 is 0 Å². The van der Waals surface area contributed by atoms with Crippen molar-refractivity contribution in [1.29, 1.82) is 0 Å². The zero-order chi connectivity index (χ0) is 10.9. The summed E-state index contributed by atoms with van der Waals surface area (Å²) in [6, 6.07) is 0. The summed E-state index contributed by atoms with van der Waals surface area (Å²) in [6.07, 6.45) is 4.04. The van der Waals surface area contributed by atoms with Crippen LogP contribution in [0.5, 0.6) is 0 Å². The fraction of sp³-hybridized carbons (Fsp3) is 0.909. The highest BCUT2D eigenvalue weighted by Crippen LogP contribution is 2.28. The summed E-state index contributed by atoms with van der Waals surface area (Å²) in [7, 11) is 0. The Labute approximate surface area is 90.8 Å². The van der Waals surface area contributed by atoms with Crippen LogP contribution in [0.25, 0.3) is 0 Å². The minimum absolute atomic E-state index is 0.346. The van der Waals surface area contributed by atoms with Crippen molar-refractivity contribution in [2.24, 2.45) is 11.7 Å². The van der Waals surface area contributed by atoms with Crippen LogP contribution in [-0.4, -0.2) is 42.6 Å². The maximum atomic E-state index is 11.3. The zero-order valence-corrected chi connectivity index (χ0v) is 9.37. The highest BCUT2D eigenvalue weighted by atomic mass is 16.5. The van der Waals surface area contributed by atoms with Crippen LogP contribution in [0.15, 0.2) is 0 Å². The van der Waals surface area contributed by atoms with E-state index in [4.69, 9.17) is 10.5 Å². The number of primary amides is 1. The van der Waals surface area contributed by atoms with E-state index in [0.717, 1.165) is 19.0 Å². The second-order valence-corrected chi connectivity index (χ2v) is 4.98. The van der Waals surface area contributed by atoms with Crippen LogP contribution in [0.4, 0.5) is 0 Å². The van der Waals surface area contributed by atoms with Crippen LogP contribution in [0, 0.1) is 5.92 Å². The molecule has 0 radical (unpaired) electrons. The molecule has 86 valence electrons. The molecule has 2 N–H and O–H groups in total. The van der Waals surface area contributed by atoms with Crippen LogP contribution < -0.4 is 5.73 Å². The molecule has 1 aliphatic heterocycles. The Hall–Kier alpha value is -0.610. The van der Waals surface area contributed by atoms with E-state index in [1.54, 1.807) is 6.92 Å². The van der Waals surface area contributed by atoms with Crippen molar-refractivity contribution < 1.29 is 9.53 Å². The number of amides is 1. The van der Waals surface area contributed by atoms with E-state index >= 15 is 0 Å². The van der Waals surface area contributed by atoms with Gasteiger partial charge in [0.2, 0.25) is 0 Å². The molecule has 0 bridgehead atoms. The number of hydrogen-bond acceptors (Lipinski definition) is 3. The van der Waals surface area contributed by atoms with E-state index < -0.39 is 5.60 Å². The number of hydrogen-bond donors (Lipinski definition) is 1. The lowest BCUT2D eigenvalue weighted by molar-refractivity contribution is -0.154. The molecule has 4 heteroatoms. The number of ether oxygens (including phenoxy) is 1. The average molecular weight is 212 g/mol. The van der Waals surface area contributed by atoms with Crippen molar-refractivity contribution >= 4 is 5.91 Å². The Bertz CT molecular complexity index is 253. The Balaban J connectivity index is 1.88. The minimum Gasteiger partial charge on any atom is -0.367 e. The molecule has 1 heterocycles. The molecule has 2 fully saturated rings. The molecule has 1 saturated carbocycles. The Morgan fingerprint density at radius 2 is 2.33 bits per heavy atom. The molecule has 0 spiro atoms. The summed E-state index contributed by atoms with van der Waals surface area (Å²) < 4.78 is 5.47. The van der Waals surface area contributed by atoms with E-state index in [2.05, 4.69) is 4.90 Å². The first-order valence-electron chi connectivity index (χ1n) is 5.76. The van der Waals surface area contributed by atoms with Crippen LogP contribution in [0.2, 0.25) is 0 Å². The highest BCUT2D eigenvalue weighted by molar-refractivity contribution is 5.83. The van der Waals surface area contributed by atoms with Crippen LogP contribution in [0.3, 0.4) is 0 Å². The van der Waals surface area contributed by atoms with Crippen molar-refractivity contribution in [3.8, 4) is 0 Å². The summed E-state index contributed by atoms with van der Waals surface area (Å²) in [5.41, 5.74) is 4.57. The van der Waals surface area contributed by atoms with Crippen molar-refractivity contribution in [2.45, 2.75) is 31.8 Å². The molecule has 15 heavy (non-hydrogen) atoms. The normalized spacial score (nSPS) is 33.7. The molecule has 0 aromatic rings. The molecule has 1 unspecified atom stereocenters. The number of rotatable bonds is 3. The lowest BCUT2D eigenvalue weighted by Gasteiger charge is -2.41. The fourth-order valence-corrected chi connectivity index (χ4v) is 2.30. The molecule has 4 nitrogen and oxygen atoms in total. The molecule has 0 aromatic heterocycles. The first-order chi connectivity index (χ1) is 7.10. The molecule has 1 saturated heterocycles. The molecule has 2 rings (SSSR count). The first-order valence-corrected chi connectivity index (χ1v) is 5.76. The van der Waals surface area contributed by atoms with Gasteiger partial charge in [0.15, 0.2) is 5.60 Å². The molecular formula is C11H20N2O2. The third kappa shape index (κ3) is 2.32. The minimum atomic E-state index is -0.776. The Morgan fingerprint density at radius 3 is 2.87 bits per heavy atom. The maximum Gasteiger partial charge on any atom is 0.250 e. The summed E-state index contributed by atoms with van der Waals surface area (Å²) in [4.78, 5) is 13.6. The summed E-state index contributed by atoms with van der Waals surface area (Å²) in [5, 5.41) is 0. The molecule has 1 aliphatic carbocycles. The highest BCUT2D eigenvalue weighted by Gasteiger charge is 2.38. The average Bonchev–Trinajstić information content (AvgIpc) is 2.12. The van der Waals surface area contributed by atoms with E-state index in [9.17, 15) is 4.79 Å². The van der Waals surface area contributed by atoms with Crippen LogP contribution in [0.1, 0.15) is 26.2 Å². The second-order valence-electron chi connectivity index (χ2n) is 4.98. The van der Waals surface area contributed by atoms with Gasteiger partial charge in [-0.2, -0.15) is 0 Å². The molecule has 0 aromatic carbocycles. The van der Waals surface area contributed by atoms with Crippen LogP contribution >= 0.6 is 0 Å². The number of carbonyl (C=O) groups excluding carboxylic acids is 1. The van der Waals surface area contributed by atoms with Gasteiger partial charge < -0.3 is 10.5 Å². The van der Waals surface area contributed by atoms with E-state index in [1.165, 1.54) is 19.3 Å². The molecule has 1 atom stereocenters. The summed E-state index contributed by atoms with van der Waals surface area (Å²) in [6.45, 7) is 5.10. The van der Waals surface area contributed by atoms with Gasteiger partial charge in [-0.3, -0.25) is 9.69 Å². The SMILES string of the molecule is CC1(C(N)=O)CN(CC2CCC2)CCO1. The van der Waals surface area contributed by atoms with Crippen molar-refractivity contribution in [3.05, 3.63) is 0 Å². The quantitative estimate of drug-likeness (QED) is 0.735. The van der Waals surface area contributed by atoms with Gasteiger partial charge in [0, 0.05) is 19.6 Å². The number of nitrogens with two attached hydrogens (primary N) is 1. The molecule has 1 amide bonds. The topological polar surface area (TPSA) is 55.6 Å². The smallest absolute Gasteiger partial charge is 0.250 e. The van der Waals surface area contributed by atoms with Crippen molar-refractivity contribution in [1.82, 2.24) is 4.90 Å². The lowest BCUT2D eigenvalue weighted by atomic mass is 9.84. The maximum absolute atomic E-state index is 11.3. The summed E-state index contributed by atoms with van der Waals surface area (Å²) in [5.74, 6) is 0.487. The van der Waals surface area contributed by atoms with E-state index in [0.29, 0.717) is 13.2 Å². The fourth-order valence-electron chi connectivity index (χ4n) is 2.30. The van der Waals surface area contributed by atoms with Crippen molar-refractivity contribution in [2.75, 3.05) is 26.2 Å². The number of morpholine rings is 1. The van der Waals surface area contributed by atoms with Gasteiger partial charge in [-0.1, -0.05) is 6.42 Å². The van der Waals surface area contributed by atoms with Gasteiger partial charge in [0.1, 0.15) is 0 Å². The third-order valence-electron chi connectivity index (χ3n) is 3.62. The standard InChI is InChI=1S/C11H20N2O2/c1-11(10(12)14)8-13(5-6-15-11)7-9-3-2-4-9/h9H,2-8H2,1H3,(H2,12,14). The Morgan fingerprint density at radius 1 is 1.60 bits per heavy atom. The van der Waals surface area contributed by atoms with Gasteiger partial charge in [0.25, 0.3) is 5.91 Å². The third-order valence-corrected chi connectivity index (χ3v) is 3.62. The molecular weight excluding hydrogens is 192 g/mol. The number of nitrogens with zero attached hydrogens (tertiary/aromatic N) is 1. The van der Waals surface area contributed by atoms with E-state index in [1.807, 2.05) is 0 Å².